The first kappa shape index (κ1) is 11.2. The van der Waals surface area contributed by atoms with E-state index in [-0.39, 0.29) is 0 Å². The third-order valence-corrected chi connectivity index (χ3v) is 1.84. The van der Waals surface area contributed by atoms with Gasteiger partial charge >= 0.3 is 6.09 Å². The molecule has 5 heteroatoms. The Labute approximate surface area is 71.8 Å². The van der Waals surface area contributed by atoms with Crippen molar-refractivity contribution >= 4 is 6.09 Å². The number of primary amides is 1. The quantitative estimate of drug-likeness (QED) is 0.634. The second-order valence-electron chi connectivity index (χ2n) is 2.50. The molecule has 0 bridgehead atoms. The van der Waals surface area contributed by atoms with Gasteiger partial charge in [0.15, 0.2) is 6.10 Å². The molecule has 1 amide bonds. The standard InChI is InChI=1S/C7H15NO4/c1-5(12-6(8)9)7(2,10-3)11-4/h5H,1-4H3,(H2,8,9). The molecule has 1 unspecified atom stereocenters. The summed E-state index contributed by atoms with van der Waals surface area (Å²) in [7, 11) is 2.93. The maximum Gasteiger partial charge on any atom is 0.404 e. The van der Waals surface area contributed by atoms with Crippen LogP contribution in [0.1, 0.15) is 13.8 Å². The number of ether oxygens (including phenoxy) is 3. The Morgan fingerprint density at radius 1 is 1.42 bits per heavy atom. The number of carbonyl (C=O) groups is 1. The third-order valence-electron chi connectivity index (χ3n) is 1.84. The molecule has 72 valence electrons. The summed E-state index contributed by atoms with van der Waals surface area (Å²) in [5.41, 5.74) is 4.83. The first-order valence-corrected chi connectivity index (χ1v) is 3.52. The Morgan fingerprint density at radius 2 is 1.83 bits per heavy atom. The fourth-order valence-corrected chi connectivity index (χ4v) is 0.697. The lowest BCUT2D eigenvalue weighted by Gasteiger charge is -2.31. The predicted molar refractivity (Wildman–Crippen MR) is 42.6 cm³/mol. The van der Waals surface area contributed by atoms with Crippen molar-refractivity contribution < 1.29 is 19.0 Å². The molecule has 12 heavy (non-hydrogen) atoms. The smallest absolute Gasteiger partial charge is 0.404 e. The maximum absolute atomic E-state index is 10.4. The molecule has 5 nitrogen and oxygen atoms in total. The molecule has 0 aliphatic heterocycles. The van der Waals surface area contributed by atoms with Gasteiger partial charge in [-0.25, -0.2) is 4.79 Å². The van der Waals surface area contributed by atoms with Crippen LogP contribution in [0.25, 0.3) is 0 Å². The molecule has 0 rings (SSSR count). The second kappa shape index (κ2) is 4.27. The topological polar surface area (TPSA) is 70.8 Å². The number of amides is 1. The van der Waals surface area contributed by atoms with E-state index >= 15 is 0 Å². The van der Waals surface area contributed by atoms with Crippen molar-refractivity contribution in [2.45, 2.75) is 25.7 Å². The zero-order valence-electron chi connectivity index (χ0n) is 7.79. The molecule has 2 N–H and O–H groups in total. The molecule has 0 aliphatic rings. The van der Waals surface area contributed by atoms with E-state index in [4.69, 9.17) is 15.2 Å². The Hall–Kier alpha value is -0.810. The van der Waals surface area contributed by atoms with Crippen LogP contribution in [0.4, 0.5) is 4.79 Å². The van der Waals surface area contributed by atoms with Gasteiger partial charge in [-0.2, -0.15) is 0 Å². The van der Waals surface area contributed by atoms with Crippen molar-refractivity contribution in [3.05, 3.63) is 0 Å². The predicted octanol–water partition coefficient (Wildman–Crippen LogP) is 0.479. The number of nitrogens with two attached hydrogens (primary N) is 1. The van der Waals surface area contributed by atoms with E-state index in [1.807, 2.05) is 0 Å². The Morgan fingerprint density at radius 3 is 2.08 bits per heavy atom. The zero-order valence-corrected chi connectivity index (χ0v) is 7.79. The van der Waals surface area contributed by atoms with Crippen LogP contribution in [0.15, 0.2) is 0 Å². The summed E-state index contributed by atoms with van der Waals surface area (Å²) < 4.78 is 14.7. The number of carbonyl (C=O) groups excluding carboxylic acids is 1. The molecule has 0 aromatic heterocycles. The highest BCUT2D eigenvalue weighted by molar-refractivity contribution is 5.64. The van der Waals surface area contributed by atoms with Crippen molar-refractivity contribution in [2.24, 2.45) is 5.73 Å². The van der Waals surface area contributed by atoms with Crippen LogP contribution in [0, 0.1) is 0 Å². The number of hydrogen-bond donors (Lipinski definition) is 1. The van der Waals surface area contributed by atoms with Crippen molar-refractivity contribution in [3.8, 4) is 0 Å². The monoisotopic (exact) mass is 177 g/mol. The van der Waals surface area contributed by atoms with Crippen LogP contribution in [0.5, 0.6) is 0 Å². The van der Waals surface area contributed by atoms with Gasteiger partial charge in [0.25, 0.3) is 0 Å². The fourth-order valence-electron chi connectivity index (χ4n) is 0.697. The van der Waals surface area contributed by atoms with Gasteiger partial charge in [0.1, 0.15) is 0 Å². The molecule has 0 aromatic carbocycles. The molecule has 0 aromatic rings. The summed E-state index contributed by atoms with van der Waals surface area (Å²) in [6, 6.07) is 0. The molecule has 0 aliphatic carbocycles. The number of rotatable bonds is 4. The average Bonchev–Trinajstić information content (AvgIpc) is 2.02. The van der Waals surface area contributed by atoms with Crippen LogP contribution in [-0.4, -0.2) is 32.2 Å². The van der Waals surface area contributed by atoms with E-state index in [9.17, 15) is 4.79 Å². The molecule has 1 atom stereocenters. The van der Waals surface area contributed by atoms with Crippen LogP contribution < -0.4 is 5.73 Å². The van der Waals surface area contributed by atoms with Gasteiger partial charge in [-0.3, -0.25) is 0 Å². The summed E-state index contributed by atoms with van der Waals surface area (Å²) in [6.07, 6.45) is -1.40. The number of methoxy groups -OCH3 is 2. The van der Waals surface area contributed by atoms with Gasteiger partial charge in [0.2, 0.25) is 5.79 Å². The summed E-state index contributed by atoms with van der Waals surface area (Å²) in [5, 5.41) is 0. The lowest BCUT2D eigenvalue weighted by Crippen LogP contribution is -2.44. The van der Waals surface area contributed by atoms with Crippen molar-refractivity contribution in [1.82, 2.24) is 0 Å². The van der Waals surface area contributed by atoms with Crippen LogP contribution in [-0.2, 0) is 14.2 Å². The molecular formula is C7H15NO4. The molecule has 0 radical (unpaired) electrons. The van der Waals surface area contributed by atoms with Gasteiger partial charge in [0, 0.05) is 14.2 Å². The van der Waals surface area contributed by atoms with E-state index in [0.29, 0.717) is 0 Å². The molecule has 0 saturated heterocycles. The van der Waals surface area contributed by atoms with E-state index in [1.165, 1.54) is 14.2 Å². The Balaban J connectivity index is 4.20. The molecule has 0 saturated carbocycles. The van der Waals surface area contributed by atoms with Gasteiger partial charge in [-0.05, 0) is 13.8 Å². The van der Waals surface area contributed by atoms with Gasteiger partial charge in [-0.1, -0.05) is 0 Å². The van der Waals surface area contributed by atoms with E-state index in [0.717, 1.165) is 0 Å². The molecule has 0 fully saturated rings. The Kier molecular flexibility index (Phi) is 3.99. The summed E-state index contributed by atoms with van der Waals surface area (Å²) in [4.78, 5) is 10.4. The van der Waals surface area contributed by atoms with E-state index in [2.05, 4.69) is 4.74 Å². The fraction of sp³-hybridized carbons (Fsp3) is 0.857. The first-order chi connectivity index (χ1) is 5.46. The summed E-state index contributed by atoms with van der Waals surface area (Å²) >= 11 is 0. The highest BCUT2D eigenvalue weighted by Gasteiger charge is 2.33. The minimum absolute atomic E-state index is 0.551. The molecule has 0 heterocycles. The van der Waals surface area contributed by atoms with Crippen LogP contribution in [0.2, 0.25) is 0 Å². The van der Waals surface area contributed by atoms with Crippen molar-refractivity contribution in [3.63, 3.8) is 0 Å². The van der Waals surface area contributed by atoms with Gasteiger partial charge < -0.3 is 19.9 Å². The third kappa shape index (κ3) is 2.67. The van der Waals surface area contributed by atoms with Gasteiger partial charge in [-0.15, -0.1) is 0 Å². The molecule has 0 spiro atoms. The maximum atomic E-state index is 10.4. The first-order valence-electron chi connectivity index (χ1n) is 3.52. The lowest BCUT2D eigenvalue weighted by atomic mass is 10.2. The minimum Gasteiger partial charge on any atom is -0.441 e. The van der Waals surface area contributed by atoms with Crippen molar-refractivity contribution in [1.29, 1.82) is 0 Å². The van der Waals surface area contributed by atoms with E-state index < -0.39 is 18.0 Å². The highest BCUT2D eigenvalue weighted by Crippen LogP contribution is 2.17. The number of hydrogen-bond acceptors (Lipinski definition) is 4. The van der Waals surface area contributed by atoms with Crippen LogP contribution >= 0.6 is 0 Å². The zero-order chi connectivity index (χ0) is 9.78. The summed E-state index contributed by atoms with van der Waals surface area (Å²) in [6.45, 7) is 3.29. The lowest BCUT2D eigenvalue weighted by molar-refractivity contribution is -0.241. The average molecular weight is 177 g/mol. The minimum atomic E-state index is -0.949. The Bertz CT molecular complexity index is 155. The molecular weight excluding hydrogens is 162 g/mol. The van der Waals surface area contributed by atoms with Crippen molar-refractivity contribution in [2.75, 3.05) is 14.2 Å². The van der Waals surface area contributed by atoms with E-state index in [1.54, 1.807) is 13.8 Å². The second-order valence-corrected chi connectivity index (χ2v) is 2.50. The van der Waals surface area contributed by atoms with Gasteiger partial charge in [0.05, 0.1) is 0 Å². The largest absolute Gasteiger partial charge is 0.441 e. The SMILES string of the molecule is COC(C)(OC)C(C)OC(N)=O. The highest BCUT2D eigenvalue weighted by atomic mass is 16.7. The normalized spacial score (nSPS) is 14.0. The summed E-state index contributed by atoms with van der Waals surface area (Å²) in [5.74, 6) is -0.949. The van der Waals surface area contributed by atoms with Crippen LogP contribution in [0.3, 0.4) is 0 Å².